The number of hydrogen-bond donors (Lipinski definition) is 0. The van der Waals surface area contributed by atoms with E-state index in [1.165, 1.54) is 32.1 Å². The van der Waals surface area contributed by atoms with Gasteiger partial charge < -0.3 is 0 Å². The van der Waals surface area contributed by atoms with Crippen LogP contribution in [-0.4, -0.2) is 0 Å². The average molecular weight is 212 g/mol. The Morgan fingerprint density at radius 1 is 0.867 bits per heavy atom. The molecule has 0 heteroatoms. The van der Waals surface area contributed by atoms with Crippen molar-refractivity contribution in [3.8, 4) is 0 Å². The first kappa shape index (κ1) is 15.0. The molecule has 0 fully saturated rings. The van der Waals surface area contributed by atoms with Gasteiger partial charge in [0.25, 0.3) is 0 Å². The van der Waals surface area contributed by atoms with Crippen LogP contribution in [0.5, 0.6) is 0 Å². The molecule has 0 nitrogen and oxygen atoms in total. The third-order valence-electron chi connectivity index (χ3n) is 4.84. The van der Waals surface area contributed by atoms with Crippen molar-refractivity contribution in [2.45, 2.75) is 80.6 Å². The molecule has 0 saturated carbocycles. The van der Waals surface area contributed by atoms with Crippen LogP contribution in [-0.2, 0) is 0 Å². The molecule has 0 aromatic rings. The van der Waals surface area contributed by atoms with Crippen LogP contribution < -0.4 is 0 Å². The Bertz CT molecular complexity index is 163. The molecule has 0 N–H and O–H groups in total. The maximum absolute atomic E-state index is 2.44. The van der Waals surface area contributed by atoms with E-state index >= 15 is 0 Å². The molecule has 0 aromatic carbocycles. The van der Waals surface area contributed by atoms with Crippen LogP contribution >= 0.6 is 0 Å². The third-order valence-corrected chi connectivity index (χ3v) is 4.84. The summed E-state index contributed by atoms with van der Waals surface area (Å²) < 4.78 is 0. The second kappa shape index (κ2) is 5.92. The summed E-state index contributed by atoms with van der Waals surface area (Å²) >= 11 is 0. The Morgan fingerprint density at radius 2 is 1.40 bits per heavy atom. The predicted octanol–water partition coefficient (Wildman–Crippen LogP) is 5.67. The van der Waals surface area contributed by atoms with Crippen molar-refractivity contribution >= 4 is 0 Å². The quantitative estimate of drug-likeness (QED) is 0.477. The first-order chi connectivity index (χ1) is 6.75. The number of hydrogen-bond acceptors (Lipinski definition) is 0. The largest absolute Gasteiger partial charge is 0.0654 e. The van der Waals surface area contributed by atoms with Crippen LogP contribution in [0.4, 0.5) is 0 Å². The van der Waals surface area contributed by atoms with Crippen LogP contribution in [0.3, 0.4) is 0 Å². The van der Waals surface area contributed by atoms with E-state index in [0.29, 0.717) is 10.8 Å². The van der Waals surface area contributed by atoms with Gasteiger partial charge >= 0.3 is 0 Å². The summed E-state index contributed by atoms with van der Waals surface area (Å²) in [6.45, 7) is 16.7. The van der Waals surface area contributed by atoms with Gasteiger partial charge in [-0.25, -0.2) is 0 Å². The molecule has 0 amide bonds. The molecule has 0 rings (SSSR count). The van der Waals surface area contributed by atoms with E-state index in [0.717, 1.165) is 5.92 Å². The molecule has 0 aromatic heterocycles. The lowest BCUT2D eigenvalue weighted by molar-refractivity contribution is 0.0451. The Balaban J connectivity index is 4.16. The lowest BCUT2D eigenvalue weighted by Crippen LogP contribution is -2.36. The van der Waals surface area contributed by atoms with Crippen molar-refractivity contribution in [1.29, 1.82) is 0 Å². The van der Waals surface area contributed by atoms with Gasteiger partial charge in [-0.3, -0.25) is 0 Å². The lowest BCUT2D eigenvalue weighted by Gasteiger charge is -2.45. The van der Waals surface area contributed by atoms with E-state index in [-0.39, 0.29) is 0 Å². The molecule has 0 spiro atoms. The molecule has 0 saturated heterocycles. The van der Waals surface area contributed by atoms with Gasteiger partial charge in [0.05, 0.1) is 0 Å². The van der Waals surface area contributed by atoms with E-state index in [1.807, 2.05) is 0 Å². The summed E-state index contributed by atoms with van der Waals surface area (Å²) in [5, 5.41) is 0. The maximum Gasteiger partial charge on any atom is -0.0280 e. The van der Waals surface area contributed by atoms with Gasteiger partial charge in [-0.15, -0.1) is 0 Å². The topological polar surface area (TPSA) is 0 Å². The fourth-order valence-corrected chi connectivity index (χ4v) is 2.10. The zero-order valence-electron chi connectivity index (χ0n) is 12.1. The predicted molar refractivity (Wildman–Crippen MR) is 71.2 cm³/mol. The van der Waals surface area contributed by atoms with Crippen LogP contribution in [0.1, 0.15) is 80.6 Å². The van der Waals surface area contributed by atoms with Crippen molar-refractivity contribution < 1.29 is 0 Å². The number of unbranched alkanes of at least 4 members (excludes halogenated alkanes) is 3. The molecule has 0 atom stereocenters. The van der Waals surface area contributed by atoms with Gasteiger partial charge in [0.1, 0.15) is 0 Å². The Hall–Kier alpha value is 0. The molecule has 0 aliphatic heterocycles. The summed E-state index contributed by atoms with van der Waals surface area (Å²) in [7, 11) is 0. The summed E-state index contributed by atoms with van der Waals surface area (Å²) in [5.74, 6) is 0.763. The summed E-state index contributed by atoms with van der Waals surface area (Å²) in [6, 6.07) is 0. The molecular formula is C15H32. The monoisotopic (exact) mass is 212 g/mol. The van der Waals surface area contributed by atoms with Crippen molar-refractivity contribution in [1.82, 2.24) is 0 Å². The van der Waals surface area contributed by atoms with E-state index < -0.39 is 0 Å². The van der Waals surface area contributed by atoms with Crippen LogP contribution in [0.25, 0.3) is 0 Å². The molecule has 0 aliphatic rings. The standard InChI is InChI=1S/C15H32/c1-8-9-10-11-12-14(4,5)15(6,7)13(2)3/h13H,8-12H2,1-7H3. The van der Waals surface area contributed by atoms with Gasteiger partial charge in [-0.1, -0.05) is 74.1 Å². The third kappa shape index (κ3) is 4.17. The Morgan fingerprint density at radius 3 is 1.80 bits per heavy atom. The van der Waals surface area contributed by atoms with Gasteiger partial charge in [-0.05, 0) is 23.2 Å². The second-order valence-corrected chi connectivity index (χ2v) is 6.57. The molecule has 92 valence electrons. The van der Waals surface area contributed by atoms with Gasteiger partial charge in [0, 0.05) is 0 Å². The average Bonchev–Trinajstić information content (AvgIpc) is 2.12. The van der Waals surface area contributed by atoms with E-state index in [9.17, 15) is 0 Å². The van der Waals surface area contributed by atoms with Crippen molar-refractivity contribution in [2.75, 3.05) is 0 Å². The highest BCUT2D eigenvalue weighted by atomic mass is 14.4. The van der Waals surface area contributed by atoms with Crippen molar-refractivity contribution in [2.24, 2.45) is 16.7 Å². The van der Waals surface area contributed by atoms with Crippen molar-refractivity contribution in [3.63, 3.8) is 0 Å². The van der Waals surface area contributed by atoms with Crippen LogP contribution in [0, 0.1) is 16.7 Å². The number of rotatable bonds is 7. The summed E-state index contributed by atoms with van der Waals surface area (Å²) in [5.41, 5.74) is 0.911. The highest BCUT2D eigenvalue weighted by Gasteiger charge is 2.38. The Labute approximate surface area is 97.8 Å². The van der Waals surface area contributed by atoms with Gasteiger partial charge in [-0.2, -0.15) is 0 Å². The SMILES string of the molecule is CCCCCCC(C)(C)C(C)(C)C(C)C. The normalized spacial score (nSPS) is 13.6. The van der Waals surface area contributed by atoms with Crippen LogP contribution in [0.15, 0.2) is 0 Å². The van der Waals surface area contributed by atoms with Crippen LogP contribution in [0.2, 0.25) is 0 Å². The first-order valence-electron chi connectivity index (χ1n) is 6.75. The minimum atomic E-state index is 0.444. The minimum Gasteiger partial charge on any atom is -0.0654 e. The second-order valence-electron chi connectivity index (χ2n) is 6.57. The summed E-state index contributed by atoms with van der Waals surface area (Å²) in [4.78, 5) is 0. The molecular weight excluding hydrogens is 180 g/mol. The molecule has 0 heterocycles. The zero-order chi connectivity index (χ0) is 12.1. The zero-order valence-corrected chi connectivity index (χ0v) is 12.1. The molecule has 15 heavy (non-hydrogen) atoms. The van der Waals surface area contributed by atoms with Gasteiger partial charge in [0.2, 0.25) is 0 Å². The van der Waals surface area contributed by atoms with Gasteiger partial charge in [0.15, 0.2) is 0 Å². The highest BCUT2D eigenvalue weighted by molar-refractivity contribution is 4.88. The first-order valence-corrected chi connectivity index (χ1v) is 6.75. The smallest absolute Gasteiger partial charge is 0.0280 e. The van der Waals surface area contributed by atoms with E-state index in [2.05, 4.69) is 48.5 Å². The molecule has 0 unspecified atom stereocenters. The molecule has 0 aliphatic carbocycles. The maximum atomic E-state index is 2.44. The fourth-order valence-electron chi connectivity index (χ4n) is 2.10. The minimum absolute atomic E-state index is 0.444. The Kier molecular flexibility index (Phi) is 5.92. The van der Waals surface area contributed by atoms with Crippen molar-refractivity contribution in [3.05, 3.63) is 0 Å². The lowest BCUT2D eigenvalue weighted by atomic mass is 9.60. The van der Waals surface area contributed by atoms with E-state index in [1.54, 1.807) is 0 Å². The molecule has 0 bridgehead atoms. The fraction of sp³-hybridized carbons (Fsp3) is 1.00. The van der Waals surface area contributed by atoms with E-state index in [4.69, 9.17) is 0 Å². The summed E-state index contributed by atoms with van der Waals surface area (Å²) in [6.07, 6.45) is 6.93. The highest BCUT2D eigenvalue weighted by Crippen LogP contribution is 2.47. The molecule has 0 radical (unpaired) electrons.